The first-order valence-electron chi connectivity index (χ1n) is 9.71. The van der Waals surface area contributed by atoms with Crippen LogP contribution in [0.25, 0.3) is 16.7 Å². The van der Waals surface area contributed by atoms with Gasteiger partial charge in [-0.1, -0.05) is 17.1 Å². The normalized spacial score (nSPS) is 11.3. The van der Waals surface area contributed by atoms with Gasteiger partial charge in [0.2, 0.25) is 11.5 Å². The molecule has 0 radical (unpaired) electrons. The van der Waals surface area contributed by atoms with Crippen molar-refractivity contribution in [1.29, 1.82) is 0 Å². The molecule has 0 saturated heterocycles. The minimum Gasteiger partial charge on any atom is -0.348 e. The van der Waals surface area contributed by atoms with E-state index in [1.807, 2.05) is 32.9 Å². The van der Waals surface area contributed by atoms with E-state index in [0.717, 1.165) is 11.1 Å². The Morgan fingerprint density at radius 1 is 1.30 bits per heavy atom. The van der Waals surface area contributed by atoms with Gasteiger partial charge in [0, 0.05) is 30.7 Å². The van der Waals surface area contributed by atoms with Crippen LogP contribution in [-0.4, -0.2) is 20.3 Å². The van der Waals surface area contributed by atoms with Crippen molar-refractivity contribution in [2.75, 3.05) is 5.73 Å². The van der Waals surface area contributed by atoms with Gasteiger partial charge in [-0.2, -0.15) is 0 Å². The van der Waals surface area contributed by atoms with Gasteiger partial charge in [0.15, 0.2) is 0 Å². The summed E-state index contributed by atoms with van der Waals surface area (Å²) in [5.74, 6) is -0.0904. The van der Waals surface area contributed by atoms with Crippen LogP contribution in [0.3, 0.4) is 0 Å². The molecule has 0 aliphatic rings. The standard InChI is InChI=1S/C22H22N6O2/c1-13(2)28-18(23)16(21(29)25-12-15-7-4-8-24-11-15)10-17-20(28)26-19-14(3)6-5-9-27(19)22(17)30/h4-11,13,23H,12H2,1-3H3,(H,25,29)/p+1. The van der Waals surface area contributed by atoms with Crippen LogP contribution in [0.15, 0.2) is 53.7 Å². The van der Waals surface area contributed by atoms with E-state index in [-0.39, 0.29) is 28.9 Å². The maximum atomic E-state index is 13.2. The Morgan fingerprint density at radius 2 is 2.10 bits per heavy atom. The molecule has 152 valence electrons. The predicted octanol–water partition coefficient (Wildman–Crippen LogP) is 1.93. The van der Waals surface area contributed by atoms with Crippen LogP contribution in [0, 0.1) is 6.92 Å². The molecule has 4 aromatic rings. The van der Waals surface area contributed by atoms with E-state index in [4.69, 9.17) is 10.7 Å². The first-order valence-corrected chi connectivity index (χ1v) is 9.71. The van der Waals surface area contributed by atoms with Gasteiger partial charge in [-0.25, -0.2) is 4.57 Å². The molecule has 8 nitrogen and oxygen atoms in total. The monoisotopic (exact) mass is 403 g/mol. The molecule has 30 heavy (non-hydrogen) atoms. The molecule has 4 rings (SSSR count). The highest BCUT2D eigenvalue weighted by molar-refractivity contribution is 6.00. The van der Waals surface area contributed by atoms with Crippen molar-refractivity contribution in [2.45, 2.75) is 33.4 Å². The smallest absolute Gasteiger partial charge is 0.278 e. The number of rotatable bonds is 4. The summed E-state index contributed by atoms with van der Waals surface area (Å²) in [5.41, 5.74) is 9.17. The number of amides is 1. The fraction of sp³-hybridized carbons (Fsp3) is 0.227. The second kappa shape index (κ2) is 7.55. The zero-order valence-electron chi connectivity index (χ0n) is 17.1. The maximum Gasteiger partial charge on any atom is 0.278 e. The summed E-state index contributed by atoms with van der Waals surface area (Å²) in [6.07, 6.45) is 5.03. The molecular formula is C22H23N6O2+. The lowest BCUT2D eigenvalue weighted by Crippen LogP contribution is -2.44. The highest BCUT2D eigenvalue weighted by Crippen LogP contribution is 2.18. The number of fused-ring (bicyclic) bond motifs is 2. The number of nitrogens with one attached hydrogen (secondary N) is 1. The molecule has 0 bridgehead atoms. The van der Waals surface area contributed by atoms with E-state index >= 15 is 0 Å². The Balaban J connectivity index is 1.90. The van der Waals surface area contributed by atoms with Gasteiger partial charge >= 0.3 is 0 Å². The SMILES string of the molecule is Cc1cccn2c(=O)c3cc(C(=O)NCc4cccnc4)c(N)[n+](C(C)C)c3nc12. The van der Waals surface area contributed by atoms with E-state index in [9.17, 15) is 9.59 Å². The van der Waals surface area contributed by atoms with Crippen LogP contribution < -0.4 is 21.2 Å². The largest absolute Gasteiger partial charge is 0.348 e. The minimum atomic E-state index is -0.360. The zero-order chi connectivity index (χ0) is 21.4. The lowest BCUT2D eigenvalue weighted by molar-refractivity contribution is -0.679. The highest BCUT2D eigenvalue weighted by atomic mass is 16.1. The molecule has 4 heterocycles. The van der Waals surface area contributed by atoms with Gasteiger partial charge in [0.05, 0.1) is 6.04 Å². The van der Waals surface area contributed by atoms with Gasteiger partial charge in [0.25, 0.3) is 17.1 Å². The van der Waals surface area contributed by atoms with Gasteiger partial charge in [-0.15, -0.1) is 0 Å². The number of anilines is 1. The number of pyridine rings is 3. The van der Waals surface area contributed by atoms with E-state index < -0.39 is 0 Å². The van der Waals surface area contributed by atoms with Crippen LogP contribution in [0.2, 0.25) is 0 Å². The Hall–Kier alpha value is -3.81. The first kappa shape index (κ1) is 19.5. The summed E-state index contributed by atoms with van der Waals surface area (Å²) in [6.45, 7) is 6.08. The molecule has 0 atom stereocenters. The van der Waals surface area contributed by atoms with Gasteiger partial charge < -0.3 is 11.1 Å². The summed E-state index contributed by atoms with van der Waals surface area (Å²) in [4.78, 5) is 34.9. The number of carbonyl (C=O) groups excluding carboxylic acids is 1. The van der Waals surface area contributed by atoms with Crippen LogP contribution >= 0.6 is 0 Å². The molecular weight excluding hydrogens is 380 g/mol. The first-order chi connectivity index (χ1) is 14.4. The van der Waals surface area contributed by atoms with E-state index in [2.05, 4.69) is 10.3 Å². The minimum absolute atomic E-state index is 0.100. The van der Waals surface area contributed by atoms with Crippen molar-refractivity contribution in [3.8, 4) is 0 Å². The zero-order valence-corrected chi connectivity index (χ0v) is 17.1. The fourth-order valence-corrected chi connectivity index (χ4v) is 3.56. The molecule has 0 fully saturated rings. The Kier molecular flexibility index (Phi) is 4.91. The highest BCUT2D eigenvalue weighted by Gasteiger charge is 2.26. The predicted molar refractivity (Wildman–Crippen MR) is 114 cm³/mol. The number of nitrogens with zero attached hydrogens (tertiary/aromatic N) is 4. The van der Waals surface area contributed by atoms with Crippen molar-refractivity contribution in [3.63, 3.8) is 0 Å². The average Bonchev–Trinajstić information content (AvgIpc) is 2.73. The van der Waals surface area contributed by atoms with Crippen molar-refractivity contribution in [1.82, 2.24) is 19.7 Å². The van der Waals surface area contributed by atoms with Crippen molar-refractivity contribution >= 4 is 28.4 Å². The second-order valence-corrected chi connectivity index (χ2v) is 7.49. The van der Waals surface area contributed by atoms with E-state index in [1.54, 1.807) is 35.3 Å². The molecule has 0 aliphatic heterocycles. The molecule has 0 unspecified atom stereocenters. The van der Waals surface area contributed by atoms with Crippen LogP contribution in [0.5, 0.6) is 0 Å². The summed E-state index contributed by atoms with van der Waals surface area (Å²) < 4.78 is 3.23. The van der Waals surface area contributed by atoms with E-state index in [0.29, 0.717) is 23.2 Å². The summed E-state index contributed by atoms with van der Waals surface area (Å²) in [5, 5.41) is 3.19. The lowest BCUT2D eigenvalue weighted by atomic mass is 10.1. The van der Waals surface area contributed by atoms with Crippen LogP contribution in [0.4, 0.5) is 5.82 Å². The molecule has 8 heteroatoms. The van der Waals surface area contributed by atoms with Gasteiger partial charge in [0.1, 0.15) is 10.9 Å². The number of hydrogen-bond donors (Lipinski definition) is 2. The Bertz CT molecular complexity index is 1330. The van der Waals surface area contributed by atoms with Crippen LogP contribution in [0.1, 0.15) is 41.4 Å². The molecule has 4 aromatic heterocycles. The Labute approximate surface area is 173 Å². The van der Waals surface area contributed by atoms with Crippen LogP contribution in [-0.2, 0) is 6.54 Å². The van der Waals surface area contributed by atoms with E-state index in [1.165, 1.54) is 10.5 Å². The third-order valence-electron chi connectivity index (χ3n) is 5.05. The number of hydrogen-bond acceptors (Lipinski definition) is 5. The molecule has 0 aromatic carbocycles. The maximum absolute atomic E-state index is 13.2. The molecule has 0 spiro atoms. The summed E-state index contributed by atoms with van der Waals surface area (Å²) in [7, 11) is 0. The van der Waals surface area contributed by atoms with Gasteiger partial charge in [-0.05, 0) is 44.5 Å². The summed E-state index contributed by atoms with van der Waals surface area (Å²) >= 11 is 0. The summed E-state index contributed by atoms with van der Waals surface area (Å²) in [6, 6.07) is 8.81. The molecule has 0 saturated carbocycles. The number of aromatic nitrogens is 4. The third-order valence-corrected chi connectivity index (χ3v) is 5.05. The second-order valence-electron chi connectivity index (χ2n) is 7.49. The number of aryl methyl sites for hydroxylation is 1. The van der Waals surface area contributed by atoms with Crippen molar-refractivity contribution in [2.24, 2.45) is 0 Å². The topological polar surface area (TPSA) is 106 Å². The number of nitrogen functional groups attached to an aromatic ring is 1. The lowest BCUT2D eigenvalue weighted by Gasteiger charge is -2.15. The third kappa shape index (κ3) is 3.26. The average molecular weight is 403 g/mol. The van der Waals surface area contributed by atoms with Gasteiger partial charge in [-0.3, -0.25) is 19.0 Å². The van der Waals surface area contributed by atoms with Crippen molar-refractivity contribution < 1.29 is 9.36 Å². The number of nitrogens with two attached hydrogens (primary N) is 1. The molecule has 3 N–H and O–H groups in total. The number of carbonyl (C=O) groups is 1. The quantitative estimate of drug-likeness (QED) is 0.400. The fourth-order valence-electron chi connectivity index (χ4n) is 3.56. The molecule has 0 aliphatic carbocycles. The van der Waals surface area contributed by atoms with Crippen molar-refractivity contribution in [3.05, 3.63) is 76.0 Å². The molecule has 1 amide bonds. The Morgan fingerprint density at radius 3 is 2.80 bits per heavy atom.